The van der Waals surface area contributed by atoms with Crippen molar-refractivity contribution in [2.75, 3.05) is 35.2 Å². The summed E-state index contributed by atoms with van der Waals surface area (Å²) in [6.07, 6.45) is 4.53. The molecule has 3 unspecified atom stereocenters. The molecule has 356 valence electrons. The molecule has 4 atom stereocenters. The summed E-state index contributed by atoms with van der Waals surface area (Å²) in [7, 11) is 8.99. The third-order valence-corrected chi connectivity index (χ3v) is 10.8. The van der Waals surface area contributed by atoms with Gasteiger partial charge in [-0.15, -0.1) is 0 Å². The summed E-state index contributed by atoms with van der Waals surface area (Å²) in [5.74, 6) is 0.481. The molecule has 0 aliphatic carbocycles. The standard InChI is InChI=1S/C12H15NO.C11H15NO2.C11H15NO.2C11H13NO/c1-9(14)12-7-10-5-3-4-6-11(10)8-13(12)2;1-8(13)10(12-2)11(14)9-6-4-3-5-7-9;3*1-9(13)11(12-2)8-10-6-4-3-5-7-10/h3-6,12H,7-8H2,1-2H3;3-7,10-12,14H,1-2H3;3-7,11-12H,8H2,1-2H3;2*3-8,12H,1-2H3/b;;;11-8+;11-8-/t;10?,11-;;;/m.0.../s1. The van der Waals surface area contributed by atoms with Crippen LogP contribution in [0.4, 0.5) is 0 Å². The minimum absolute atomic E-state index is 0.0475. The van der Waals surface area contributed by atoms with E-state index in [1.807, 2.05) is 142 Å². The molecule has 67 heavy (non-hydrogen) atoms. The molecule has 1 aliphatic heterocycles. The third-order valence-electron chi connectivity index (χ3n) is 10.8. The molecule has 0 bridgehead atoms. The number of fused-ring (bicyclic) bond motifs is 1. The van der Waals surface area contributed by atoms with Gasteiger partial charge < -0.3 is 26.4 Å². The Morgan fingerprint density at radius 1 is 0.582 bits per heavy atom. The number of allylic oxidation sites excluding steroid dienone is 2. The van der Waals surface area contributed by atoms with Crippen LogP contribution >= 0.6 is 0 Å². The van der Waals surface area contributed by atoms with Gasteiger partial charge in [-0.2, -0.15) is 0 Å². The SMILES string of the molecule is CC(=O)C1Cc2ccccc2CN1C.CN/C(=C/c1ccccc1)C(C)=O.CN/C(=C\c1ccccc1)C(C)=O.CNC(C(C)=O)[C@@H](O)c1ccccc1.CNC(Cc1ccccc1)C(C)=O. The predicted molar refractivity (Wildman–Crippen MR) is 273 cm³/mol. The smallest absolute Gasteiger partial charge is 0.175 e. The van der Waals surface area contributed by atoms with Crippen molar-refractivity contribution in [1.82, 2.24) is 26.2 Å². The lowest BCUT2D eigenvalue weighted by molar-refractivity contribution is -0.122. The van der Waals surface area contributed by atoms with Crippen molar-refractivity contribution in [3.63, 3.8) is 0 Å². The van der Waals surface area contributed by atoms with Crippen LogP contribution in [0.5, 0.6) is 0 Å². The molecular weight excluding hydrogens is 839 g/mol. The monoisotopic (exact) mass is 910 g/mol. The fourth-order valence-corrected chi connectivity index (χ4v) is 6.96. The topological polar surface area (TPSA) is 157 Å². The number of aliphatic hydroxyl groups is 1. The zero-order valence-corrected chi connectivity index (χ0v) is 40.9. The van der Waals surface area contributed by atoms with Crippen LogP contribution in [0.3, 0.4) is 0 Å². The number of carbonyl (C=O) groups excluding carboxylic acids is 5. The van der Waals surface area contributed by atoms with Gasteiger partial charge in [0.05, 0.1) is 29.5 Å². The Kier molecular flexibility index (Phi) is 26.4. The molecule has 6 rings (SSSR count). The quantitative estimate of drug-likeness (QED) is 0.0660. The van der Waals surface area contributed by atoms with Gasteiger partial charge in [0, 0.05) is 34.5 Å². The van der Waals surface area contributed by atoms with Gasteiger partial charge in [0.1, 0.15) is 23.5 Å². The minimum Gasteiger partial charge on any atom is -0.386 e. The molecule has 5 N–H and O–H groups in total. The molecule has 1 heterocycles. The van der Waals surface area contributed by atoms with Gasteiger partial charge >= 0.3 is 0 Å². The number of benzene rings is 5. The Bertz CT molecular complexity index is 2240. The van der Waals surface area contributed by atoms with Crippen LogP contribution in [0.25, 0.3) is 12.2 Å². The lowest BCUT2D eigenvalue weighted by Gasteiger charge is -2.32. The highest BCUT2D eigenvalue weighted by atomic mass is 16.3. The summed E-state index contributed by atoms with van der Waals surface area (Å²) >= 11 is 0. The molecule has 0 amide bonds. The van der Waals surface area contributed by atoms with E-state index in [1.165, 1.54) is 23.6 Å². The molecule has 1 aliphatic rings. The predicted octanol–water partition coefficient (Wildman–Crippen LogP) is 7.61. The molecular formula is C56H71N5O6. The maximum atomic E-state index is 11.4. The fraction of sp³-hybridized carbons (Fsp3) is 0.304. The molecule has 0 spiro atoms. The van der Waals surface area contributed by atoms with Crippen LogP contribution in [0.2, 0.25) is 0 Å². The van der Waals surface area contributed by atoms with Gasteiger partial charge in [-0.3, -0.25) is 28.9 Å². The average Bonchev–Trinajstić information content (AvgIpc) is 3.33. The van der Waals surface area contributed by atoms with Crippen LogP contribution in [0.1, 0.15) is 74.1 Å². The van der Waals surface area contributed by atoms with E-state index >= 15 is 0 Å². The van der Waals surface area contributed by atoms with Crippen molar-refractivity contribution < 1.29 is 29.1 Å². The van der Waals surface area contributed by atoms with Gasteiger partial charge in [0.25, 0.3) is 0 Å². The maximum Gasteiger partial charge on any atom is 0.175 e. The molecule has 5 aromatic rings. The number of likely N-dealkylation sites (N-methyl/N-ethyl adjacent to an activating group) is 5. The summed E-state index contributed by atoms with van der Waals surface area (Å²) in [6.45, 7) is 8.74. The second-order valence-corrected chi connectivity index (χ2v) is 15.9. The van der Waals surface area contributed by atoms with Crippen molar-refractivity contribution in [3.8, 4) is 0 Å². The Balaban J connectivity index is 0.000000288. The number of ketones is 5. The van der Waals surface area contributed by atoms with Crippen molar-refractivity contribution in [2.45, 2.75) is 78.2 Å². The van der Waals surface area contributed by atoms with E-state index in [2.05, 4.69) is 44.4 Å². The fourth-order valence-electron chi connectivity index (χ4n) is 6.96. The van der Waals surface area contributed by atoms with Gasteiger partial charge in [-0.25, -0.2) is 0 Å². The molecule has 0 saturated carbocycles. The first-order chi connectivity index (χ1) is 32.1. The summed E-state index contributed by atoms with van der Waals surface area (Å²) in [5.41, 5.74) is 7.94. The number of hydrogen-bond donors (Lipinski definition) is 5. The van der Waals surface area contributed by atoms with E-state index in [4.69, 9.17) is 0 Å². The summed E-state index contributed by atoms with van der Waals surface area (Å²) < 4.78 is 0. The normalized spacial score (nSPS) is 14.3. The molecule has 0 saturated heterocycles. The number of nitrogens with zero attached hydrogens (tertiary/aromatic N) is 1. The lowest BCUT2D eigenvalue weighted by atomic mass is 9.93. The van der Waals surface area contributed by atoms with Gasteiger partial charge in [0.2, 0.25) is 0 Å². The molecule has 11 nitrogen and oxygen atoms in total. The van der Waals surface area contributed by atoms with Gasteiger partial charge in [-0.1, -0.05) is 146 Å². The van der Waals surface area contributed by atoms with Gasteiger partial charge in [-0.05, 0) is 100 Å². The first kappa shape index (κ1) is 56.5. The van der Waals surface area contributed by atoms with Crippen molar-refractivity contribution in [3.05, 3.63) is 190 Å². The zero-order valence-electron chi connectivity index (χ0n) is 40.9. The van der Waals surface area contributed by atoms with Crippen molar-refractivity contribution in [1.29, 1.82) is 0 Å². The number of Topliss-reactive ketones (excluding diaryl/α,β-unsaturated/α-hetero) is 5. The number of nitrogens with one attached hydrogen (secondary N) is 4. The number of aliphatic hydroxyl groups excluding tert-OH is 1. The van der Waals surface area contributed by atoms with E-state index in [0.717, 1.165) is 36.1 Å². The highest BCUT2D eigenvalue weighted by Gasteiger charge is 2.26. The Morgan fingerprint density at radius 2 is 1.00 bits per heavy atom. The van der Waals surface area contributed by atoms with Crippen LogP contribution < -0.4 is 21.3 Å². The highest BCUT2D eigenvalue weighted by molar-refractivity contribution is 5.97. The summed E-state index contributed by atoms with van der Waals surface area (Å²) in [6, 6.07) is 46.5. The largest absolute Gasteiger partial charge is 0.386 e. The van der Waals surface area contributed by atoms with Crippen molar-refractivity contribution >= 4 is 41.1 Å². The van der Waals surface area contributed by atoms with E-state index < -0.39 is 12.1 Å². The Labute approximate surface area is 398 Å². The molecule has 0 fully saturated rings. The lowest BCUT2D eigenvalue weighted by Crippen LogP contribution is -2.42. The average molecular weight is 910 g/mol. The second kappa shape index (κ2) is 31.3. The third kappa shape index (κ3) is 21.0. The van der Waals surface area contributed by atoms with E-state index in [9.17, 15) is 29.1 Å². The maximum absolute atomic E-state index is 11.4. The Morgan fingerprint density at radius 3 is 1.37 bits per heavy atom. The van der Waals surface area contributed by atoms with E-state index in [0.29, 0.717) is 11.4 Å². The Hall–Kier alpha value is -6.63. The molecule has 0 radical (unpaired) electrons. The molecule has 11 heteroatoms. The number of hydrogen-bond acceptors (Lipinski definition) is 11. The van der Waals surface area contributed by atoms with E-state index in [1.54, 1.807) is 61.0 Å². The summed E-state index contributed by atoms with van der Waals surface area (Å²) in [4.78, 5) is 57.9. The van der Waals surface area contributed by atoms with Crippen LogP contribution in [-0.4, -0.2) is 92.3 Å². The highest BCUT2D eigenvalue weighted by Crippen LogP contribution is 2.22. The second-order valence-electron chi connectivity index (χ2n) is 15.9. The minimum atomic E-state index is -0.779. The summed E-state index contributed by atoms with van der Waals surface area (Å²) in [5, 5.41) is 21.4. The van der Waals surface area contributed by atoms with Crippen LogP contribution in [0.15, 0.2) is 157 Å². The first-order valence-corrected chi connectivity index (χ1v) is 22.4. The number of carbonyl (C=O) groups is 5. The van der Waals surface area contributed by atoms with Crippen molar-refractivity contribution in [2.24, 2.45) is 0 Å². The van der Waals surface area contributed by atoms with Gasteiger partial charge in [0.15, 0.2) is 11.6 Å². The first-order valence-electron chi connectivity index (χ1n) is 22.4. The van der Waals surface area contributed by atoms with E-state index in [-0.39, 0.29) is 41.0 Å². The molecule has 0 aromatic heterocycles. The number of rotatable bonds is 15. The molecule has 5 aromatic carbocycles. The zero-order chi connectivity index (χ0) is 49.7. The van der Waals surface area contributed by atoms with Crippen LogP contribution in [-0.2, 0) is 43.4 Å². The van der Waals surface area contributed by atoms with Crippen LogP contribution in [0, 0.1) is 0 Å².